The Kier molecular flexibility index (Phi) is 8.62. The number of halogens is 1. The van der Waals surface area contributed by atoms with Gasteiger partial charge in [-0.25, -0.2) is 0 Å². The lowest BCUT2D eigenvalue weighted by atomic mass is 9.66. The molecule has 4 aromatic carbocycles. The van der Waals surface area contributed by atoms with Gasteiger partial charge in [-0.1, -0.05) is 136 Å². The Balaban J connectivity index is 1.41. The molecule has 0 radical (unpaired) electrons. The first-order chi connectivity index (χ1) is 19.6. The van der Waals surface area contributed by atoms with Crippen molar-refractivity contribution in [1.82, 2.24) is 0 Å². The Bertz CT molecular complexity index is 1490. The van der Waals surface area contributed by atoms with Crippen molar-refractivity contribution in [2.45, 2.75) is 64.7 Å². The first-order valence-electron chi connectivity index (χ1n) is 15.0. The molecule has 0 amide bonds. The second-order valence-corrected chi connectivity index (χ2v) is 14.0. The molecule has 212 valence electrons. The first-order valence-corrected chi connectivity index (χ1v) is 15.8. The van der Waals surface area contributed by atoms with Gasteiger partial charge in [0.15, 0.2) is 0 Å². The maximum absolute atomic E-state index is 6.13. The zero-order chi connectivity index (χ0) is 29.2. The van der Waals surface area contributed by atoms with Crippen LogP contribution in [-0.4, -0.2) is 6.61 Å². The van der Waals surface area contributed by atoms with Crippen LogP contribution < -0.4 is 4.74 Å². The van der Waals surface area contributed by atoms with Crippen LogP contribution in [0.5, 0.6) is 5.75 Å². The fraction of sp³-hybridized carbons (Fsp3) is 0.333. The van der Waals surface area contributed by atoms with Crippen LogP contribution in [-0.2, 0) is 10.8 Å². The third kappa shape index (κ3) is 6.09. The minimum Gasteiger partial charge on any atom is -0.493 e. The molecule has 0 aromatic heterocycles. The van der Waals surface area contributed by atoms with Gasteiger partial charge in [0.2, 0.25) is 0 Å². The molecule has 0 saturated heterocycles. The van der Waals surface area contributed by atoms with Crippen LogP contribution in [0.4, 0.5) is 0 Å². The van der Waals surface area contributed by atoms with E-state index in [4.69, 9.17) is 4.74 Å². The van der Waals surface area contributed by atoms with Gasteiger partial charge < -0.3 is 4.74 Å². The number of benzene rings is 4. The summed E-state index contributed by atoms with van der Waals surface area (Å²) in [6.45, 7) is 16.2. The van der Waals surface area contributed by atoms with Crippen molar-refractivity contribution in [3.63, 3.8) is 0 Å². The average Bonchev–Trinajstić information content (AvgIpc) is 3.24. The summed E-state index contributed by atoms with van der Waals surface area (Å²) in [5.74, 6) is 1.94. The van der Waals surface area contributed by atoms with E-state index in [-0.39, 0.29) is 10.8 Å². The second-order valence-electron chi connectivity index (χ2n) is 13.0. The highest BCUT2D eigenvalue weighted by Crippen LogP contribution is 2.56. The average molecular weight is 608 g/mol. The molecule has 1 aliphatic rings. The molecule has 0 aliphatic heterocycles. The predicted molar refractivity (Wildman–Crippen MR) is 179 cm³/mol. The van der Waals surface area contributed by atoms with Crippen molar-refractivity contribution >= 4 is 22.0 Å². The van der Waals surface area contributed by atoms with E-state index < -0.39 is 0 Å². The van der Waals surface area contributed by atoms with E-state index >= 15 is 0 Å². The van der Waals surface area contributed by atoms with Crippen LogP contribution in [0.3, 0.4) is 0 Å². The van der Waals surface area contributed by atoms with Crippen molar-refractivity contribution in [2.75, 3.05) is 6.61 Å². The topological polar surface area (TPSA) is 9.23 Å². The van der Waals surface area contributed by atoms with Crippen LogP contribution in [0.25, 0.3) is 17.2 Å². The summed E-state index contributed by atoms with van der Waals surface area (Å²) in [5.41, 5.74) is 9.40. The predicted octanol–water partition coefficient (Wildman–Crippen LogP) is 11.2. The zero-order valence-corrected chi connectivity index (χ0v) is 26.8. The van der Waals surface area contributed by atoms with Gasteiger partial charge in [0.25, 0.3) is 0 Å². The molecule has 0 bridgehead atoms. The van der Waals surface area contributed by atoms with Gasteiger partial charge in [0.1, 0.15) is 5.75 Å². The van der Waals surface area contributed by atoms with E-state index in [9.17, 15) is 0 Å². The molecular formula is C39H43BrO. The van der Waals surface area contributed by atoms with Gasteiger partial charge in [0, 0.05) is 9.89 Å². The van der Waals surface area contributed by atoms with Crippen molar-refractivity contribution in [2.24, 2.45) is 11.8 Å². The van der Waals surface area contributed by atoms with Crippen molar-refractivity contribution < 1.29 is 4.74 Å². The molecule has 0 heterocycles. The van der Waals surface area contributed by atoms with E-state index in [0.717, 1.165) is 41.7 Å². The highest BCUT2D eigenvalue weighted by molar-refractivity contribution is 9.10. The monoisotopic (exact) mass is 606 g/mol. The normalized spacial score (nSPS) is 17.4. The summed E-state index contributed by atoms with van der Waals surface area (Å²) in [6.07, 6.45) is 5.23. The van der Waals surface area contributed by atoms with E-state index in [1.807, 2.05) is 18.2 Å². The molecule has 3 atom stereocenters. The lowest BCUT2D eigenvalue weighted by Crippen LogP contribution is -2.30. The molecule has 1 aliphatic carbocycles. The largest absolute Gasteiger partial charge is 0.493 e. The molecule has 3 unspecified atom stereocenters. The van der Waals surface area contributed by atoms with Crippen molar-refractivity contribution in [3.05, 3.63) is 130 Å². The van der Waals surface area contributed by atoms with Gasteiger partial charge in [-0.2, -0.15) is 0 Å². The molecule has 0 N–H and O–H groups in total. The maximum Gasteiger partial charge on any atom is 0.119 e. The molecule has 0 spiro atoms. The van der Waals surface area contributed by atoms with E-state index in [2.05, 4.69) is 136 Å². The number of hydrogen-bond acceptors (Lipinski definition) is 1. The fourth-order valence-corrected chi connectivity index (χ4v) is 6.82. The van der Waals surface area contributed by atoms with Gasteiger partial charge in [-0.05, 0) is 93.3 Å². The standard InChI is InChI=1S/C39H43BrO/c1-7-29-14-21-33(22-15-29)41-26-28(3)13-12-27(2)25-39(31-18-16-30(17-19-31)38(4,5)6)36-11-9-8-10-34(36)35-23-20-32(40)24-37(35)39/h7-11,14-24,27-28H,1,12-13,25-26H2,2-6H3. The van der Waals surface area contributed by atoms with Crippen LogP contribution >= 0.6 is 15.9 Å². The summed E-state index contributed by atoms with van der Waals surface area (Å²) in [4.78, 5) is 0. The zero-order valence-electron chi connectivity index (χ0n) is 25.2. The Morgan fingerprint density at radius 2 is 1.46 bits per heavy atom. The Hall–Kier alpha value is -3.10. The number of rotatable bonds is 10. The molecule has 0 saturated carbocycles. The second kappa shape index (κ2) is 12.0. The number of ether oxygens (including phenoxy) is 1. The lowest BCUT2D eigenvalue weighted by Gasteiger charge is -2.36. The van der Waals surface area contributed by atoms with Crippen LogP contribution in [0.1, 0.15) is 81.7 Å². The summed E-state index contributed by atoms with van der Waals surface area (Å²) < 4.78 is 7.27. The molecule has 41 heavy (non-hydrogen) atoms. The molecule has 1 nitrogen and oxygen atoms in total. The number of hydrogen-bond donors (Lipinski definition) is 0. The minimum atomic E-state index is -0.182. The Morgan fingerprint density at radius 1 is 0.805 bits per heavy atom. The van der Waals surface area contributed by atoms with Gasteiger partial charge in [-0.3, -0.25) is 0 Å². The summed E-state index contributed by atoms with van der Waals surface area (Å²) >= 11 is 3.81. The molecule has 4 aromatic rings. The quantitative estimate of drug-likeness (QED) is 0.174. The van der Waals surface area contributed by atoms with Gasteiger partial charge >= 0.3 is 0 Å². The van der Waals surface area contributed by atoms with Crippen molar-refractivity contribution in [1.29, 1.82) is 0 Å². The molecule has 2 heteroatoms. The Labute approximate surface area is 255 Å². The highest BCUT2D eigenvalue weighted by Gasteiger charge is 2.45. The summed E-state index contributed by atoms with van der Waals surface area (Å²) in [5, 5.41) is 0. The van der Waals surface area contributed by atoms with E-state index in [1.165, 1.54) is 33.4 Å². The van der Waals surface area contributed by atoms with Crippen LogP contribution in [0.2, 0.25) is 0 Å². The molecular weight excluding hydrogens is 564 g/mol. The summed E-state index contributed by atoms with van der Waals surface area (Å²) in [7, 11) is 0. The van der Waals surface area contributed by atoms with Crippen LogP contribution in [0.15, 0.2) is 102 Å². The lowest BCUT2D eigenvalue weighted by molar-refractivity contribution is 0.240. The van der Waals surface area contributed by atoms with E-state index in [1.54, 1.807) is 0 Å². The van der Waals surface area contributed by atoms with Crippen LogP contribution in [0, 0.1) is 11.8 Å². The summed E-state index contributed by atoms with van der Waals surface area (Å²) in [6, 6.07) is 33.6. The smallest absolute Gasteiger partial charge is 0.119 e. The highest BCUT2D eigenvalue weighted by atomic mass is 79.9. The third-order valence-corrected chi connectivity index (χ3v) is 9.31. The van der Waals surface area contributed by atoms with Gasteiger partial charge in [-0.15, -0.1) is 0 Å². The van der Waals surface area contributed by atoms with Gasteiger partial charge in [0.05, 0.1) is 6.61 Å². The molecule has 5 rings (SSSR count). The Morgan fingerprint density at radius 3 is 2.15 bits per heavy atom. The maximum atomic E-state index is 6.13. The SMILES string of the molecule is C=Cc1ccc(OCC(C)CCC(C)CC2(c3ccc(C(C)(C)C)cc3)c3ccccc3-c3ccc(Br)cc32)cc1. The minimum absolute atomic E-state index is 0.124. The number of fused-ring (bicyclic) bond motifs is 3. The van der Waals surface area contributed by atoms with E-state index in [0.29, 0.717) is 11.8 Å². The first kappa shape index (κ1) is 29.4. The van der Waals surface area contributed by atoms with Crippen molar-refractivity contribution in [3.8, 4) is 16.9 Å². The fourth-order valence-electron chi connectivity index (χ4n) is 6.46. The molecule has 0 fully saturated rings. The third-order valence-electron chi connectivity index (χ3n) is 8.82.